The molecular weight excluding hydrogens is 316 g/mol. The van der Waals surface area contributed by atoms with E-state index in [1.54, 1.807) is 6.07 Å². The van der Waals surface area contributed by atoms with E-state index in [4.69, 9.17) is 5.26 Å². The predicted octanol–water partition coefficient (Wildman–Crippen LogP) is 4.86. The maximum absolute atomic E-state index is 12.3. The third-order valence-electron chi connectivity index (χ3n) is 3.82. The zero-order chi connectivity index (χ0) is 17.5. The van der Waals surface area contributed by atoms with Gasteiger partial charge in [0.05, 0.1) is 17.4 Å². The molecular formula is C20H22N2OS. The van der Waals surface area contributed by atoms with Crippen LogP contribution in [0.2, 0.25) is 0 Å². The Morgan fingerprint density at radius 1 is 1.21 bits per heavy atom. The van der Waals surface area contributed by atoms with Gasteiger partial charge in [-0.3, -0.25) is 4.79 Å². The fourth-order valence-corrected chi connectivity index (χ4v) is 3.36. The number of anilines is 1. The summed E-state index contributed by atoms with van der Waals surface area (Å²) in [6.07, 6.45) is 0. The highest BCUT2D eigenvalue weighted by atomic mass is 32.2. The van der Waals surface area contributed by atoms with Crippen LogP contribution in [0.5, 0.6) is 0 Å². The number of nitrogens with zero attached hydrogens (tertiary/aromatic N) is 1. The second kappa shape index (κ2) is 8.56. The molecule has 1 amide bonds. The van der Waals surface area contributed by atoms with E-state index in [1.807, 2.05) is 37.3 Å². The smallest absolute Gasteiger partial charge is 0.234 e. The number of hydrogen-bond acceptors (Lipinski definition) is 3. The number of hydrogen-bond donors (Lipinski definition) is 1. The molecule has 4 heteroatoms. The van der Waals surface area contributed by atoms with Crippen molar-refractivity contribution in [3.05, 3.63) is 64.7 Å². The topological polar surface area (TPSA) is 52.9 Å². The van der Waals surface area contributed by atoms with Gasteiger partial charge in [-0.2, -0.15) is 5.26 Å². The van der Waals surface area contributed by atoms with Gasteiger partial charge in [-0.25, -0.2) is 0 Å². The van der Waals surface area contributed by atoms with Crippen molar-refractivity contribution in [2.45, 2.75) is 32.4 Å². The summed E-state index contributed by atoms with van der Waals surface area (Å²) < 4.78 is 0. The minimum atomic E-state index is -0.00867. The minimum Gasteiger partial charge on any atom is -0.325 e. The molecule has 0 spiro atoms. The standard InChI is InChI=1S/C20H22N2OS/c1-14(2)18-10-6-7-15(3)20(18)22-19(23)13-24-12-17-9-5-4-8-16(17)11-21/h4-10,14H,12-13H2,1-3H3,(H,22,23). The van der Waals surface area contributed by atoms with Gasteiger partial charge in [0.2, 0.25) is 5.91 Å². The second-order valence-corrected chi connectivity index (χ2v) is 6.99. The highest BCUT2D eigenvalue weighted by molar-refractivity contribution is 7.99. The number of para-hydroxylation sites is 1. The Labute approximate surface area is 148 Å². The second-order valence-electron chi connectivity index (χ2n) is 6.00. The molecule has 1 N–H and O–H groups in total. The Bertz CT molecular complexity index is 762. The summed E-state index contributed by atoms with van der Waals surface area (Å²) in [5.41, 5.74) is 4.80. The number of rotatable bonds is 6. The van der Waals surface area contributed by atoms with Gasteiger partial charge in [0.25, 0.3) is 0 Å². The molecule has 0 aliphatic carbocycles. The van der Waals surface area contributed by atoms with E-state index in [-0.39, 0.29) is 5.91 Å². The Morgan fingerprint density at radius 3 is 2.67 bits per heavy atom. The van der Waals surface area contributed by atoms with Crippen LogP contribution >= 0.6 is 11.8 Å². The molecule has 124 valence electrons. The van der Waals surface area contributed by atoms with Gasteiger partial charge in [-0.15, -0.1) is 11.8 Å². The lowest BCUT2D eigenvalue weighted by Crippen LogP contribution is -2.16. The van der Waals surface area contributed by atoms with Gasteiger partial charge in [0, 0.05) is 11.4 Å². The monoisotopic (exact) mass is 338 g/mol. The molecule has 3 nitrogen and oxygen atoms in total. The first-order valence-corrected chi connectivity index (χ1v) is 9.13. The number of carbonyl (C=O) groups excluding carboxylic acids is 1. The van der Waals surface area contributed by atoms with E-state index in [1.165, 1.54) is 11.8 Å². The minimum absolute atomic E-state index is 0.00867. The van der Waals surface area contributed by atoms with Crippen LogP contribution in [0.25, 0.3) is 0 Å². The third kappa shape index (κ3) is 4.62. The van der Waals surface area contributed by atoms with Gasteiger partial charge in [-0.05, 0) is 35.6 Å². The van der Waals surface area contributed by atoms with Gasteiger partial charge >= 0.3 is 0 Å². The Kier molecular flexibility index (Phi) is 6.45. The largest absolute Gasteiger partial charge is 0.325 e. The summed E-state index contributed by atoms with van der Waals surface area (Å²) in [5.74, 6) is 1.37. The zero-order valence-corrected chi connectivity index (χ0v) is 15.1. The normalized spacial score (nSPS) is 10.5. The van der Waals surface area contributed by atoms with Crippen LogP contribution in [0.3, 0.4) is 0 Å². The molecule has 0 aromatic heterocycles. The Morgan fingerprint density at radius 2 is 1.96 bits per heavy atom. The summed E-state index contributed by atoms with van der Waals surface area (Å²) in [7, 11) is 0. The van der Waals surface area contributed by atoms with Crippen LogP contribution in [0, 0.1) is 18.3 Å². The van der Waals surface area contributed by atoms with Gasteiger partial charge < -0.3 is 5.32 Å². The first-order valence-electron chi connectivity index (χ1n) is 7.98. The summed E-state index contributed by atoms with van der Waals surface area (Å²) in [6, 6.07) is 15.8. The molecule has 0 unspecified atom stereocenters. The van der Waals surface area contributed by atoms with Crippen molar-refractivity contribution >= 4 is 23.4 Å². The highest BCUT2D eigenvalue weighted by Gasteiger charge is 2.12. The van der Waals surface area contributed by atoms with E-state index in [2.05, 4.69) is 31.3 Å². The van der Waals surface area contributed by atoms with Crippen LogP contribution in [0.4, 0.5) is 5.69 Å². The SMILES string of the molecule is Cc1cccc(C(C)C)c1NC(=O)CSCc1ccccc1C#N. The number of nitrogens with one attached hydrogen (secondary N) is 1. The van der Waals surface area contributed by atoms with Crippen LogP contribution in [0.1, 0.15) is 42.0 Å². The van der Waals surface area contributed by atoms with E-state index in [0.29, 0.717) is 23.0 Å². The molecule has 0 radical (unpaired) electrons. The molecule has 0 fully saturated rings. The fourth-order valence-electron chi connectivity index (χ4n) is 2.53. The molecule has 0 saturated heterocycles. The quantitative estimate of drug-likeness (QED) is 0.818. The molecule has 0 aliphatic rings. The maximum atomic E-state index is 12.3. The predicted molar refractivity (Wildman–Crippen MR) is 101 cm³/mol. The highest BCUT2D eigenvalue weighted by Crippen LogP contribution is 2.27. The lowest BCUT2D eigenvalue weighted by Gasteiger charge is -2.16. The first kappa shape index (κ1) is 18.1. The van der Waals surface area contributed by atoms with Gasteiger partial charge in [0.1, 0.15) is 0 Å². The summed E-state index contributed by atoms with van der Waals surface area (Å²) >= 11 is 1.52. The number of carbonyl (C=O) groups is 1. The molecule has 0 bridgehead atoms. The lowest BCUT2D eigenvalue weighted by molar-refractivity contribution is -0.113. The summed E-state index contributed by atoms with van der Waals surface area (Å²) in [5, 5.41) is 12.1. The molecule has 0 heterocycles. The Balaban J connectivity index is 1.96. The van der Waals surface area contributed by atoms with Crippen molar-refractivity contribution in [2.75, 3.05) is 11.1 Å². The van der Waals surface area contributed by atoms with Crippen molar-refractivity contribution < 1.29 is 4.79 Å². The molecule has 0 aliphatic heterocycles. The number of thioether (sulfide) groups is 1. The summed E-state index contributed by atoms with van der Waals surface area (Å²) in [4.78, 5) is 12.3. The number of nitriles is 1. The van der Waals surface area contributed by atoms with Crippen molar-refractivity contribution in [3.63, 3.8) is 0 Å². The average Bonchev–Trinajstić information content (AvgIpc) is 2.57. The molecule has 0 saturated carbocycles. The van der Waals surface area contributed by atoms with E-state index in [0.717, 1.165) is 22.4 Å². The summed E-state index contributed by atoms with van der Waals surface area (Å²) in [6.45, 7) is 6.26. The fraction of sp³-hybridized carbons (Fsp3) is 0.300. The number of aryl methyl sites for hydroxylation is 1. The third-order valence-corrected chi connectivity index (χ3v) is 4.80. The van der Waals surface area contributed by atoms with E-state index >= 15 is 0 Å². The van der Waals surface area contributed by atoms with Crippen LogP contribution < -0.4 is 5.32 Å². The van der Waals surface area contributed by atoms with Crippen LogP contribution in [0.15, 0.2) is 42.5 Å². The van der Waals surface area contributed by atoms with Gasteiger partial charge in [0.15, 0.2) is 0 Å². The van der Waals surface area contributed by atoms with Crippen LogP contribution in [-0.2, 0) is 10.5 Å². The molecule has 2 rings (SSSR count). The van der Waals surface area contributed by atoms with Crippen LogP contribution in [-0.4, -0.2) is 11.7 Å². The Hall–Kier alpha value is -2.25. The van der Waals surface area contributed by atoms with Crippen molar-refractivity contribution in [3.8, 4) is 6.07 Å². The van der Waals surface area contributed by atoms with Crippen molar-refractivity contribution in [1.29, 1.82) is 5.26 Å². The van der Waals surface area contributed by atoms with E-state index < -0.39 is 0 Å². The lowest BCUT2D eigenvalue weighted by atomic mass is 9.98. The number of amides is 1. The number of benzene rings is 2. The zero-order valence-electron chi connectivity index (χ0n) is 14.3. The maximum Gasteiger partial charge on any atom is 0.234 e. The first-order chi connectivity index (χ1) is 11.5. The molecule has 24 heavy (non-hydrogen) atoms. The van der Waals surface area contributed by atoms with Crippen molar-refractivity contribution in [1.82, 2.24) is 0 Å². The molecule has 0 atom stereocenters. The molecule has 2 aromatic carbocycles. The van der Waals surface area contributed by atoms with Gasteiger partial charge in [-0.1, -0.05) is 50.2 Å². The van der Waals surface area contributed by atoms with E-state index in [9.17, 15) is 4.79 Å². The van der Waals surface area contributed by atoms with Crippen molar-refractivity contribution in [2.24, 2.45) is 0 Å². The molecule has 2 aromatic rings. The average molecular weight is 338 g/mol.